The van der Waals surface area contributed by atoms with Crippen molar-refractivity contribution in [2.45, 2.75) is 63.3 Å². The summed E-state index contributed by atoms with van der Waals surface area (Å²) in [5.41, 5.74) is 2.55. The zero-order valence-corrected chi connectivity index (χ0v) is 17.3. The molecule has 0 aromatic heterocycles. The monoisotopic (exact) mass is 400 g/mol. The van der Waals surface area contributed by atoms with Crippen LogP contribution < -0.4 is 10.0 Å². The van der Waals surface area contributed by atoms with Crippen LogP contribution in [0.1, 0.15) is 60.0 Å². The molecule has 0 unspecified atom stereocenters. The molecule has 1 fully saturated rings. The summed E-state index contributed by atoms with van der Waals surface area (Å²) in [6.07, 6.45) is 6.64. The van der Waals surface area contributed by atoms with Gasteiger partial charge in [-0.1, -0.05) is 49.9 Å². The molecule has 0 heterocycles. The van der Waals surface area contributed by atoms with Gasteiger partial charge in [-0.2, -0.15) is 0 Å². The molecule has 6 heteroatoms. The van der Waals surface area contributed by atoms with Gasteiger partial charge in [-0.3, -0.25) is 9.52 Å². The van der Waals surface area contributed by atoms with E-state index in [-0.39, 0.29) is 16.8 Å². The largest absolute Gasteiger partial charge is 0.349 e. The Morgan fingerprint density at radius 3 is 2.29 bits per heavy atom. The summed E-state index contributed by atoms with van der Waals surface area (Å²) < 4.78 is 28.3. The molecule has 1 saturated carbocycles. The number of amides is 1. The summed E-state index contributed by atoms with van der Waals surface area (Å²) in [5, 5.41) is 3.10. The number of aryl methyl sites for hydroxylation is 2. The maximum Gasteiger partial charge on any atom is 0.261 e. The fourth-order valence-corrected chi connectivity index (χ4v) is 4.75. The fraction of sp³-hybridized carbons (Fsp3) is 0.409. The maximum absolute atomic E-state index is 12.8. The van der Waals surface area contributed by atoms with Crippen molar-refractivity contribution in [1.82, 2.24) is 5.32 Å². The van der Waals surface area contributed by atoms with E-state index in [0.717, 1.165) is 36.8 Å². The molecular formula is C22H28N2O3S. The smallest absolute Gasteiger partial charge is 0.261 e. The van der Waals surface area contributed by atoms with Crippen molar-refractivity contribution in [3.05, 3.63) is 59.2 Å². The SMILES string of the molecule is Cc1ccccc1NS(=O)(=O)c1ccc(C)c(C(=O)NC2CCCCCC2)c1. The molecule has 1 amide bonds. The number of hydrogen-bond acceptors (Lipinski definition) is 3. The van der Waals surface area contributed by atoms with Crippen molar-refractivity contribution in [3.8, 4) is 0 Å². The molecular weight excluding hydrogens is 372 g/mol. The van der Waals surface area contributed by atoms with Crippen LogP contribution in [-0.2, 0) is 10.0 Å². The van der Waals surface area contributed by atoms with Crippen molar-refractivity contribution >= 4 is 21.6 Å². The molecule has 0 radical (unpaired) electrons. The van der Waals surface area contributed by atoms with E-state index in [1.165, 1.54) is 18.9 Å². The zero-order chi connectivity index (χ0) is 20.1. The zero-order valence-electron chi connectivity index (χ0n) is 16.5. The Morgan fingerprint density at radius 2 is 1.61 bits per heavy atom. The topological polar surface area (TPSA) is 75.3 Å². The Kier molecular flexibility index (Phi) is 6.39. The quantitative estimate of drug-likeness (QED) is 0.723. The molecule has 150 valence electrons. The minimum Gasteiger partial charge on any atom is -0.349 e. The van der Waals surface area contributed by atoms with Gasteiger partial charge < -0.3 is 5.32 Å². The highest BCUT2D eigenvalue weighted by Crippen LogP contribution is 2.22. The lowest BCUT2D eigenvalue weighted by Gasteiger charge is -2.18. The molecule has 2 aromatic rings. The van der Waals surface area contributed by atoms with Gasteiger partial charge in [-0.15, -0.1) is 0 Å². The lowest BCUT2D eigenvalue weighted by Crippen LogP contribution is -2.34. The molecule has 0 spiro atoms. The van der Waals surface area contributed by atoms with Gasteiger partial charge in [0.1, 0.15) is 0 Å². The number of anilines is 1. The molecule has 1 aliphatic rings. The van der Waals surface area contributed by atoms with E-state index in [4.69, 9.17) is 0 Å². The van der Waals surface area contributed by atoms with Crippen molar-refractivity contribution in [1.29, 1.82) is 0 Å². The summed E-state index contributed by atoms with van der Waals surface area (Å²) in [6, 6.07) is 12.1. The van der Waals surface area contributed by atoms with Gasteiger partial charge in [-0.05, 0) is 56.0 Å². The van der Waals surface area contributed by atoms with E-state index in [1.54, 1.807) is 24.3 Å². The third kappa shape index (κ3) is 4.93. The van der Waals surface area contributed by atoms with Crippen LogP contribution in [0.3, 0.4) is 0 Å². The Labute approximate surface area is 167 Å². The van der Waals surface area contributed by atoms with E-state index >= 15 is 0 Å². The predicted molar refractivity (Wildman–Crippen MR) is 112 cm³/mol. The van der Waals surface area contributed by atoms with Crippen LogP contribution in [-0.4, -0.2) is 20.4 Å². The molecule has 1 aliphatic carbocycles. The summed E-state index contributed by atoms with van der Waals surface area (Å²) in [6.45, 7) is 3.67. The van der Waals surface area contributed by atoms with Crippen molar-refractivity contribution in [2.75, 3.05) is 4.72 Å². The highest BCUT2D eigenvalue weighted by atomic mass is 32.2. The molecule has 0 aliphatic heterocycles. The minimum absolute atomic E-state index is 0.0902. The molecule has 0 atom stereocenters. The molecule has 0 bridgehead atoms. The first-order chi connectivity index (χ1) is 13.4. The van der Waals surface area contributed by atoms with Gasteiger partial charge in [-0.25, -0.2) is 8.42 Å². The van der Waals surface area contributed by atoms with Gasteiger partial charge in [0, 0.05) is 11.6 Å². The number of benzene rings is 2. The highest BCUT2D eigenvalue weighted by Gasteiger charge is 2.21. The van der Waals surface area contributed by atoms with Crippen molar-refractivity contribution in [3.63, 3.8) is 0 Å². The third-order valence-electron chi connectivity index (χ3n) is 5.34. The minimum atomic E-state index is -3.78. The van der Waals surface area contributed by atoms with Crippen LogP contribution in [0, 0.1) is 13.8 Å². The van der Waals surface area contributed by atoms with Crippen molar-refractivity contribution in [2.24, 2.45) is 0 Å². The van der Waals surface area contributed by atoms with Crippen LogP contribution in [0.2, 0.25) is 0 Å². The number of sulfonamides is 1. The third-order valence-corrected chi connectivity index (χ3v) is 6.71. The Hall–Kier alpha value is -2.34. The molecule has 3 rings (SSSR count). The van der Waals surface area contributed by atoms with Gasteiger partial charge in [0.05, 0.1) is 10.6 Å². The van der Waals surface area contributed by atoms with Gasteiger partial charge >= 0.3 is 0 Å². The number of carbonyl (C=O) groups excluding carboxylic acids is 1. The van der Waals surface area contributed by atoms with Crippen molar-refractivity contribution < 1.29 is 13.2 Å². The average molecular weight is 401 g/mol. The van der Waals surface area contributed by atoms with Crippen LogP contribution in [0.25, 0.3) is 0 Å². The number of hydrogen-bond donors (Lipinski definition) is 2. The fourth-order valence-electron chi connectivity index (χ4n) is 3.59. The summed E-state index contributed by atoms with van der Waals surface area (Å²) in [5.74, 6) is -0.197. The lowest BCUT2D eigenvalue weighted by atomic mass is 10.1. The molecule has 5 nitrogen and oxygen atoms in total. The summed E-state index contributed by atoms with van der Waals surface area (Å²) in [4.78, 5) is 12.9. The normalized spacial score (nSPS) is 15.6. The number of nitrogens with one attached hydrogen (secondary N) is 2. The van der Waals surface area contributed by atoms with Gasteiger partial charge in [0.15, 0.2) is 0 Å². The van der Waals surface area contributed by atoms with Crippen LogP contribution in [0.5, 0.6) is 0 Å². The van der Waals surface area contributed by atoms with E-state index in [1.807, 2.05) is 26.0 Å². The number of rotatable bonds is 5. The second-order valence-electron chi connectivity index (χ2n) is 7.56. The van der Waals surface area contributed by atoms with E-state index in [9.17, 15) is 13.2 Å². The first-order valence-electron chi connectivity index (χ1n) is 9.87. The lowest BCUT2D eigenvalue weighted by molar-refractivity contribution is 0.0932. The van der Waals surface area contributed by atoms with E-state index in [2.05, 4.69) is 10.0 Å². The molecule has 2 aromatic carbocycles. The van der Waals surface area contributed by atoms with Gasteiger partial charge in [0.2, 0.25) is 0 Å². The van der Waals surface area contributed by atoms with E-state index in [0.29, 0.717) is 11.3 Å². The van der Waals surface area contributed by atoms with E-state index < -0.39 is 10.0 Å². The first-order valence-corrected chi connectivity index (χ1v) is 11.3. The van der Waals surface area contributed by atoms with Gasteiger partial charge in [0.25, 0.3) is 15.9 Å². The second-order valence-corrected chi connectivity index (χ2v) is 9.24. The Morgan fingerprint density at radius 1 is 0.929 bits per heavy atom. The maximum atomic E-state index is 12.8. The number of para-hydroxylation sites is 1. The van der Waals surface area contributed by atoms with Crippen LogP contribution in [0.15, 0.2) is 47.4 Å². The second kappa shape index (κ2) is 8.78. The standard InChI is InChI=1S/C22H28N2O3S/c1-16-13-14-19(28(26,27)24-21-12-8-7-9-17(21)2)15-20(16)22(25)23-18-10-5-3-4-6-11-18/h7-9,12-15,18,24H,3-6,10-11H2,1-2H3,(H,23,25). The van der Waals surface area contributed by atoms with Crippen LogP contribution in [0.4, 0.5) is 5.69 Å². The molecule has 28 heavy (non-hydrogen) atoms. The molecule has 2 N–H and O–H groups in total. The first kappa shape index (κ1) is 20.4. The highest BCUT2D eigenvalue weighted by molar-refractivity contribution is 7.92. The van der Waals surface area contributed by atoms with Crippen LogP contribution >= 0.6 is 0 Å². The number of carbonyl (C=O) groups is 1. The summed E-state index contributed by atoms with van der Waals surface area (Å²) in [7, 11) is -3.78. The molecule has 0 saturated heterocycles. The Bertz CT molecular complexity index is 946. The predicted octanol–water partition coefficient (Wildman–Crippen LogP) is 4.56. The average Bonchev–Trinajstić information content (AvgIpc) is 2.92. The summed E-state index contributed by atoms with van der Waals surface area (Å²) >= 11 is 0. The Balaban J connectivity index is 1.82.